The number of nitrogens with one attached hydrogen (secondary N) is 2. The predicted molar refractivity (Wildman–Crippen MR) is 105 cm³/mol. The monoisotopic (exact) mass is 355 g/mol. The van der Waals surface area contributed by atoms with E-state index in [-0.39, 0.29) is 12.5 Å². The first-order valence-corrected chi connectivity index (χ1v) is 8.78. The molecule has 0 radical (unpaired) electrons. The quantitative estimate of drug-likeness (QED) is 0.592. The zero-order valence-corrected chi connectivity index (χ0v) is 14.5. The third kappa shape index (κ3) is 2.81. The molecule has 0 aliphatic carbocycles. The van der Waals surface area contributed by atoms with Crippen LogP contribution in [0.3, 0.4) is 0 Å². The molecule has 0 bridgehead atoms. The zero-order valence-electron chi connectivity index (χ0n) is 14.5. The first kappa shape index (κ1) is 15.6. The molecule has 6 nitrogen and oxygen atoms in total. The van der Waals surface area contributed by atoms with Gasteiger partial charge in [0, 0.05) is 35.4 Å². The van der Waals surface area contributed by atoms with Gasteiger partial charge < -0.3 is 14.9 Å². The molecular weight excluding hydrogens is 338 g/mol. The van der Waals surface area contributed by atoms with Crippen LogP contribution < -0.4 is 5.32 Å². The van der Waals surface area contributed by atoms with E-state index in [4.69, 9.17) is 0 Å². The van der Waals surface area contributed by atoms with E-state index in [0.29, 0.717) is 0 Å². The molecule has 3 heterocycles. The van der Waals surface area contributed by atoms with Gasteiger partial charge in [0.05, 0.1) is 23.4 Å². The van der Waals surface area contributed by atoms with Crippen molar-refractivity contribution >= 4 is 28.2 Å². The maximum atomic E-state index is 12.2. The highest BCUT2D eigenvalue weighted by atomic mass is 16.1. The third-order valence-electron chi connectivity index (χ3n) is 4.71. The second kappa shape index (κ2) is 6.25. The van der Waals surface area contributed by atoms with Gasteiger partial charge in [-0.2, -0.15) is 0 Å². The Labute approximate surface area is 155 Å². The lowest BCUT2D eigenvalue weighted by molar-refractivity contribution is -0.114. The summed E-state index contributed by atoms with van der Waals surface area (Å²) in [5.74, 6) is -0.106. The standard InChI is InChI=1S/C21H17N5O/c27-18-11-23-19(21-20(25-18)16-6-1-2-7-17(16)24-21)15-5-3-4-14(10-15)12-26-9-8-22-13-26/h1-10,13,24H,11-12H2,(H,25,27). The summed E-state index contributed by atoms with van der Waals surface area (Å²) in [6, 6.07) is 16.2. The zero-order chi connectivity index (χ0) is 18.2. The van der Waals surface area contributed by atoms with Crippen LogP contribution in [0.25, 0.3) is 10.9 Å². The number of para-hydroxylation sites is 1. The summed E-state index contributed by atoms with van der Waals surface area (Å²) in [7, 11) is 0. The smallest absolute Gasteiger partial charge is 0.246 e. The number of carbonyl (C=O) groups is 1. The van der Waals surface area contributed by atoms with Crippen LogP contribution in [0.1, 0.15) is 16.8 Å². The number of amides is 1. The normalized spacial score (nSPS) is 13.8. The molecule has 0 saturated carbocycles. The summed E-state index contributed by atoms with van der Waals surface area (Å²) >= 11 is 0. The van der Waals surface area contributed by atoms with Crippen LogP contribution in [0.15, 0.2) is 72.2 Å². The summed E-state index contributed by atoms with van der Waals surface area (Å²) in [5, 5.41) is 3.99. The third-order valence-corrected chi connectivity index (χ3v) is 4.71. The van der Waals surface area contributed by atoms with Crippen molar-refractivity contribution in [3.8, 4) is 0 Å². The van der Waals surface area contributed by atoms with E-state index in [1.807, 2.05) is 47.2 Å². The van der Waals surface area contributed by atoms with E-state index in [1.54, 1.807) is 12.5 Å². The molecule has 132 valence electrons. The van der Waals surface area contributed by atoms with Gasteiger partial charge in [0.2, 0.25) is 5.91 Å². The number of aromatic nitrogens is 3. The molecule has 0 atom stereocenters. The molecule has 27 heavy (non-hydrogen) atoms. The van der Waals surface area contributed by atoms with Crippen molar-refractivity contribution in [2.75, 3.05) is 11.9 Å². The number of benzene rings is 2. The van der Waals surface area contributed by atoms with Crippen molar-refractivity contribution in [3.63, 3.8) is 0 Å². The molecule has 0 spiro atoms. The van der Waals surface area contributed by atoms with Crippen LogP contribution in [0, 0.1) is 0 Å². The van der Waals surface area contributed by atoms with Crippen LogP contribution in [0.2, 0.25) is 0 Å². The summed E-state index contributed by atoms with van der Waals surface area (Å²) in [6.45, 7) is 0.843. The number of anilines is 1. The average Bonchev–Trinajstić information content (AvgIpc) is 3.27. The van der Waals surface area contributed by atoms with Gasteiger partial charge in [-0.05, 0) is 17.7 Å². The van der Waals surface area contributed by atoms with Crippen LogP contribution >= 0.6 is 0 Å². The molecule has 4 aromatic rings. The lowest BCUT2D eigenvalue weighted by Crippen LogP contribution is -2.13. The Morgan fingerprint density at radius 2 is 2.04 bits per heavy atom. The molecular formula is C21H17N5O. The number of rotatable bonds is 3. The number of aliphatic imine (C=N–C) groups is 1. The minimum Gasteiger partial charge on any atom is -0.351 e. The molecule has 0 fully saturated rings. The van der Waals surface area contributed by atoms with Crippen LogP contribution in [-0.4, -0.2) is 32.7 Å². The van der Waals surface area contributed by atoms with Gasteiger partial charge in [-0.25, -0.2) is 4.98 Å². The summed E-state index contributed by atoms with van der Waals surface area (Å²) in [4.78, 5) is 24.3. The van der Waals surface area contributed by atoms with Crippen LogP contribution in [0.5, 0.6) is 0 Å². The van der Waals surface area contributed by atoms with Crippen molar-refractivity contribution in [3.05, 3.63) is 84.1 Å². The van der Waals surface area contributed by atoms with Crippen LogP contribution in [0.4, 0.5) is 5.69 Å². The van der Waals surface area contributed by atoms with Gasteiger partial charge in [-0.3, -0.25) is 9.79 Å². The molecule has 1 aliphatic heterocycles. The Morgan fingerprint density at radius 1 is 1.11 bits per heavy atom. The van der Waals surface area contributed by atoms with E-state index in [0.717, 1.165) is 45.7 Å². The van der Waals surface area contributed by atoms with E-state index in [1.165, 1.54) is 0 Å². The molecule has 0 unspecified atom stereocenters. The molecule has 1 aliphatic rings. The van der Waals surface area contributed by atoms with Gasteiger partial charge in [-0.1, -0.05) is 36.4 Å². The minimum absolute atomic E-state index is 0.106. The summed E-state index contributed by atoms with van der Waals surface area (Å²) in [5.41, 5.74) is 5.55. The number of imidazole rings is 1. The Hall–Kier alpha value is -3.67. The lowest BCUT2D eigenvalue weighted by atomic mass is 10.0. The van der Waals surface area contributed by atoms with Gasteiger partial charge in [0.25, 0.3) is 0 Å². The van der Waals surface area contributed by atoms with Crippen molar-refractivity contribution in [1.29, 1.82) is 0 Å². The van der Waals surface area contributed by atoms with Gasteiger partial charge >= 0.3 is 0 Å². The number of H-pyrrole nitrogens is 1. The van der Waals surface area contributed by atoms with Crippen molar-refractivity contribution in [2.45, 2.75) is 6.54 Å². The lowest BCUT2D eigenvalue weighted by Gasteiger charge is -2.09. The Bertz CT molecular complexity index is 1170. The average molecular weight is 355 g/mol. The largest absolute Gasteiger partial charge is 0.351 e. The second-order valence-corrected chi connectivity index (χ2v) is 6.57. The van der Waals surface area contributed by atoms with E-state index in [2.05, 4.69) is 32.4 Å². The van der Waals surface area contributed by atoms with Crippen molar-refractivity contribution in [2.24, 2.45) is 4.99 Å². The number of fused-ring (bicyclic) bond motifs is 3. The number of hydrogen-bond acceptors (Lipinski definition) is 3. The highest BCUT2D eigenvalue weighted by Gasteiger charge is 2.22. The molecule has 6 heteroatoms. The highest BCUT2D eigenvalue weighted by Crippen LogP contribution is 2.31. The van der Waals surface area contributed by atoms with Crippen LogP contribution in [-0.2, 0) is 11.3 Å². The van der Waals surface area contributed by atoms with Gasteiger partial charge in [0.15, 0.2) is 0 Å². The molecule has 2 aromatic heterocycles. The van der Waals surface area contributed by atoms with Crippen molar-refractivity contribution < 1.29 is 4.79 Å². The SMILES string of the molecule is O=C1CN=C(c2cccc(Cn3ccnc3)c2)c2[nH]c3ccccc3c2N1. The van der Waals surface area contributed by atoms with Crippen molar-refractivity contribution in [1.82, 2.24) is 14.5 Å². The van der Waals surface area contributed by atoms with E-state index < -0.39 is 0 Å². The number of carbonyl (C=O) groups excluding carboxylic acids is 1. The molecule has 1 amide bonds. The maximum Gasteiger partial charge on any atom is 0.246 e. The summed E-state index contributed by atoms with van der Waals surface area (Å²) < 4.78 is 2.02. The van der Waals surface area contributed by atoms with Gasteiger partial charge in [0.1, 0.15) is 6.54 Å². The Kier molecular flexibility index (Phi) is 3.60. The Morgan fingerprint density at radius 3 is 2.93 bits per heavy atom. The number of aromatic amines is 1. The van der Waals surface area contributed by atoms with Gasteiger partial charge in [-0.15, -0.1) is 0 Å². The number of hydrogen-bond donors (Lipinski definition) is 2. The Balaban J connectivity index is 1.62. The highest BCUT2D eigenvalue weighted by molar-refractivity contribution is 6.22. The van der Waals surface area contributed by atoms with E-state index in [9.17, 15) is 4.79 Å². The van der Waals surface area contributed by atoms with E-state index >= 15 is 0 Å². The molecule has 5 rings (SSSR count). The number of nitrogens with zero attached hydrogens (tertiary/aromatic N) is 3. The maximum absolute atomic E-state index is 12.2. The summed E-state index contributed by atoms with van der Waals surface area (Å²) in [6.07, 6.45) is 5.51. The fourth-order valence-corrected chi connectivity index (χ4v) is 3.50. The minimum atomic E-state index is -0.106. The predicted octanol–water partition coefficient (Wildman–Crippen LogP) is 3.20. The first-order valence-electron chi connectivity index (χ1n) is 8.78. The fraction of sp³-hybridized carbons (Fsp3) is 0.0952. The fourth-order valence-electron chi connectivity index (χ4n) is 3.50. The second-order valence-electron chi connectivity index (χ2n) is 6.57. The topological polar surface area (TPSA) is 75.1 Å². The molecule has 0 saturated heterocycles. The first-order chi connectivity index (χ1) is 13.3. The molecule has 2 N–H and O–H groups in total. The molecule has 2 aromatic carbocycles.